The molecular weight excluding hydrogens is 467 g/mol. The van der Waals surface area contributed by atoms with E-state index in [1.807, 2.05) is 0 Å². The second kappa shape index (κ2) is 10.1. The van der Waals surface area contributed by atoms with E-state index in [0.29, 0.717) is 36.8 Å². The van der Waals surface area contributed by atoms with Crippen LogP contribution in [0.15, 0.2) is 48.0 Å². The van der Waals surface area contributed by atoms with Crippen molar-refractivity contribution in [3.63, 3.8) is 0 Å². The minimum absolute atomic E-state index is 0.00668. The van der Waals surface area contributed by atoms with Crippen LogP contribution in [-0.2, 0) is 14.3 Å². The Morgan fingerprint density at radius 2 is 1.67 bits per heavy atom. The van der Waals surface area contributed by atoms with Crippen LogP contribution < -0.4 is 0 Å². The summed E-state index contributed by atoms with van der Waals surface area (Å²) >= 11 is 12.1. The number of amides is 1. The summed E-state index contributed by atoms with van der Waals surface area (Å²) in [6.45, 7) is 4.10. The molecule has 174 valence electrons. The Bertz CT molecular complexity index is 1080. The molecule has 2 aliphatic heterocycles. The number of aliphatic hydroxyl groups excluding tert-OH is 1. The van der Waals surface area contributed by atoms with Crippen LogP contribution in [0.4, 0.5) is 0 Å². The van der Waals surface area contributed by atoms with E-state index in [0.717, 1.165) is 19.6 Å². The van der Waals surface area contributed by atoms with Gasteiger partial charge in [-0.1, -0.05) is 35.3 Å². The third-order valence-corrected chi connectivity index (χ3v) is 6.40. The molecule has 2 aromatic carbocycles. The van der Waals surface area contributed by atoms with E-state index in [9.17, 15) is 19.8 Å². The number of hydrogen-bond donors (Lipinski definition) is 2. The number of carbonyl (C=O) groups excluding carboxylic acids is 2. The van der Waals surface area contributed by atoms with Gasteiger partial charge in [-0.15, -0.1) is 0 Å². The summed E-state index contributed by atoms with van der Waals surface area (Å²) in [6.07, 6.45) is 0.652. The molecule has 0 aliphatic carbocycles. The Labute approximate surface area is 201 Å². The first-order valence-electron chi connectivity index (χ1n) is 10.7. The van der Waals surface area contributed by atoms with Gasteiger partial charge in [-0.2, -0.15) is 0 Å². The molecule has 4 rings (SSSR count). The predicted molar refractivity (Wildman–Crippen MR) is 125 cm³/mol. The highest BCUT2D eigenvalue weighted by Crippen LogP contribution is 2.41. The van der Waals surface area contributed by atoms with Gasteiger partial charge in [0.25, 0.3) is 11.7 Å². The number of Topliss-reactive ketones (excluding diaryl/α,β-unsaturated/α-hetero) is 1. The quantitative estimate of drug-likeness (QED) is 0.363. The molecule has 0 radical (unpaired) electrons. The number of morpholine rings is 1. The Kier molecular flexibility index (Phi) is 7.24. The number of ether oxygens (including phenoxy) is 1. The maximum atomic E-state index is 13.1. The van der Waals surface area contributed by atoms with E-state index in [-0.39, 0.29) is 21.9 Å². The van der Waals surface area contributed by atoms with Crippen LogP contribution in [0.25, 0.3) is 5.76 Å². The Morgan fingerprint density at radius 1 is 1.00 bits per heavy atom. The van der Waals surface area contributed by atoms with Gasteiger partial charge in [0.15, 0.2) is 0 Å². The van der Waals surface area contributed by atoms with Crippen LogP contribution in [-0.4, -0.2) is 71.1 Å². The van der Waals surface area contributed by atoms with E-state index in [4.69, 9.17) is 27.9 Å². The summed E-state index contributed by atoms with van der Waals surface area (Å²) in [5, 5.41) is 22.1. The summed E-state index contributed by atoms with van der Waals surface area (Å²) in [5.74, 6) is -2.22. The number of halogens is 2. The summed E-state index contributed by atoms with van der Waals surface area (Å²) < 4.78 is 5.37. The SMILES string of the molecule is O=C1C(=O)N(CCCN2CCOCC2)[C@H](c2ccc(Cl)cc2)C1=C(O)c1cc(Cl)ccc1O. The lowest BCUT2D eigenvalue weighted by molar-refractivity contribution is -0.140. The molecule has 0 aromatic heterocycles. The lowest BCUT2D eigenvalue weighted by Crippen LogP contribution is -2.38. The molecule has 2 saturated heterocycles. The number of carbonyl (C=O) groups is 2. The lowest BCUT2D eigenvalue weighted by Gasteiger charge is -2.29. The number of likely N-dealkylation sites (tertiary alicyclic amines) is 1. The fourth-order valence-electron chi connectivity index (χ4n) is 4.23. The maximum absolute atomic E-state index is 13.1. The van der Waals surface area contributed by atoms with E-state index >= 15 is 0 Å². The van der Waals surface area contributed by atoms with E-state index in [1.54, 1.807) is 24.3 Å². The van der Waals surface area contributed by atoms with Crippen molar-refractivity contribution in [2.24, 2.45) is 0 Å². The summed E-state index contributed by atoms with van der Waals surface area (Å²) in [6, 6.07) is 10.1. The van der Waals surface area contributed by atoms with Gasteiger partial charge in [0.1, 0.15) is 11.5 Å². The van der Waals surface area contributed by atoms with Gasteiger partial charge in [0, 0.05) is 36.2 Å². The van der Waals surface area contributed by atoms with Gasteiger partial charge in [0.05, 0.1) is 30.4 Å². The number of ketones is 1. The molecule has 0 spiro atoms. The fraction of sp³-hybridized carbons (Fsp3) is 0.333. The van der Waals surface area contributed by atoms with Gasteiger partial charge in [0.2, 0.25) is 0 Å². The van der Waals surface area contributed by atoms with Crippen molar-refractivity contribution in [2.45, 2.75) is 12.5 Å². The molecule has 2 aromatic rings. The minimum Gasteiger partial charge on any atom is -0.507 e. The largest absolute Gasteiger partial charge is 0.507 e. The van der Waals surface area contributed by atoms with Crippen molar-refractivity contribution in [1.29, 1.82) is 0 Å². The molecule has 0 unspecified atom stereocenters. The Hall–Kier alpha value is -2.58. The normalized spacial score (nSPS) is 21.0. The molecule has 2 heterocycles. The predicted octanol–water partition coefficient (Wildman–Crippen LogP) is 3.84. The number of phenols is 1. The number of nitrogens with zero attached hydrogens (tertiary/aromatic N) is 2. The average molecular weight is 491 g/mol. The fourth-order valence-corrected chi connectivity index (χ4v) is 4.53. The molecule has 33 heavy (non-hydrogen) atoms. The molecule has 2 aliphatic rings. The molecule has 2 fully saturated rings. The minimum atomic E-state index is -0.815. The van der Waals surface area contributed by atoms with Crippen molar-refractivity contribution in [1.82, 2.24) is 9.80 Å². The summed E-state index contributed by atoms with van der Waals surface area (Å²) in [4.78, 5) is 29.8. The third kappa shape index (κ3) is 5.01. The second-order valence-electron chi connectivity index (χ2n) is 8.01. The zero-order valence-electron chi connectivity index (χ0n) is 17.8. The first kappa shape index (κ1) is 23.6. The number of aliphatic hydroxyl groups is 1. The Morgan fingerprint density at radius 3 is 2.36 bits per heavy atom. The topological polar surface area (TPSA) is 90.3 Å². The van der Waals surface area contributed by atoms with Crippen molar-refractivity contribution in [3.05, 3.63) is 69.2 Å². The highest BCUT2D eigenvalue weighted by atomic mass is 35.5. The smallest absolute Gasteiger partial charge is 0.295 e. The first-order chi connectivity index (χ1) is 15.9. The number of benzene rings is 2. The van der Waals surface area contributed by atoms with Crippen molar-refractivity contribution in [3.8, 4) is 5.75 Å². The molecule has 9 heteroatoms. The maximum Gasteiger partial charge on any atom is 0.295 e. The molecule has 0 bridgehead atoms. The molecular formula is C24H24Cl2N2O5. The standard InChI is InChI=1S/C24H24Cl2N2O5/c25-16-4-2-15(3-5-16)21-20(22(30)18-14-17(26)6-7-19(18)29)23(31)24(32)28(21)9-1-8-27-10-12-33-13-11-27/h2-7,14,21,29-30H,1,8-13H2/t21-/m1/s1. The number of rotatable bonds is 6. The molecule has 0 saturated carbocycles. The highest BCUT2D eigenvalue weighted by Gasteiger charge is 2.46. The van der Waals surface area contributed by atoms with Crippen LogP contribution in [0.5, 0.6) is 5.75 Å². The van der Waals surface area contributed by atoms with Crippen LogP contribution >= 0.6 is 23.2 Å². The number of aromatic hydroxyl groups is 1. The van der Waals surface area contributed by atoms with Crippen LogP contribution in [0.1, 0.15) is 23.6 Å². The zero-order valence-corrected chi connectivity index (χ0v) is 19.3. The number of hydrogen-bond acceptors (Lipinski definition) is 6. The first-order valence-corrected chi connectivity index (χ1v) is 11.5. The van der Waals surface area contributed by atoms with Crippen molar-refractivity contribution >= 4 is 40.7 Å². The van der Waals surface area contributed by atoms with E-state index < -0.39 is 23.5 Å². The van der Waals surface area contributed by atoms with Gasteiger partial charge in [-0.3, -0.25) is 14.5 Å². The summed E-state index contributed by atoms with van der Waals surface area (Å²) in [7, 11) is 0. The Balaban J connectivity index is 1.70. The highest BCUT2D eigenvalue weighted by molar-refractivity contribution is 6.46. The summed E-state index contributed by atoms with van der Waals surface area (Å²) in [5.41, 5.74) is 0.534. The zero-order chi connectivity index (χ0) is 23.5. The lowest BCUT2D eigenvalue weighted by atomic mass is 9.95. The number of phenolic OH excluding ortho intramolecular Hbond substituents is 1. The van der Waals surface area contributed by atoms with Crippen LogP contribution in [0.2, 0.25) is 10.0 Å². The average Bonchev–Trinajstić information content (AvgIpc) is 3.06. The third-order valence-electron chi connectivity index (χ3n) is 5.92. The van der Waals surface area contributed by atoms with Gasteiger partial charge in [-0.25, -0.2) is 0 Å². The van der Waals surface area contributed by atoms with Gasteiger partial charge >= 0.3 is 0 Å². The second-order valence-corrected chi connectivity index (χ2v) is 8.89. The van der Waals surface area contributed by atoms with Gasteiger partial charge in [-0.05, 0) is 42.3 Å². The van der Waals surface area contributed by atoms with Crippen LogP contribution in [0.3, 0.4) is 0 Å². The monoisotopic (exact) mass is 490 g/mol. The molecule has 7 nitrogen and oxygen atoms in total. The van der Waals surface area contributed by atoms with Crippen molar-refractivity contribution < 1.29 is 24.5 Å². The van der Waals surface area contributed by atoms with E-state index in [1.165, 1.54) is 23.1 Å². The molecule has 2 N–H and O–H groups in total. The van der Waals surface area contributed by atoms with E-state index in [2.05, 4.69) is 4.90 Å². The molecule has 1 atom stereocenters. The van der Waals surface area contributed by atoms with Crippen LogP contribution in [0, 0.1) is 0 Å². The molecule has 1 amide bonds. The van der Waals surface area contributed by atoms with Gasteiger partial charge < -0.3 is 19.8 Å². The van der Waals surface area contributed by atoms with Crippen molar-refractivity contribution in [2.75, 3.05) is 39.4 Å².